The van der Waals surface area contributed by atoms with Crippen LogP contribution in [0.4, 0.5) is 11.5 Å². The van der Waals surface area contributed by atoms with Crippen molar-refractivity contribution in [3.05, 3.63) is 61.7 Å². The van der Waals surface area contributed by atoms with Crippen LogP contribution in [0, 0.1) is 17.0 Å². The quantitative estimate of drug-likeness (QED) is 0.466. The normalized spacial score (nSPS) is 11.5. The van der Waals surface area contributed by atoms with Crippen molar-refractivity contribution in [2.24, 2.45) is 0 Å². The molecule has 0 spiro atoms. The summed E-state index contributed by atoms with van der Waals surface area (Å²) in [5.74, 6) is -1.36. The minimum absolute atomic E-state index is 0.0788. The Morgan fingerprint density at radius 1 is 1.31 bits per heavy atom. The maximum atomic E-state index is 12.1. The number of hydrogen-bond acceptors (Lipinski definition) is 6. The average molecular weight is 398 g/mol. The second-order valence-corrected chi connectivity index (χ2v) is 6.12. The van der Waals surface area contributed by atoms with Crippen LogP contribution < -0.4 is 5.32 Å². The number of nitrogens with one attached hydrogen (secondary N) is 1. The summed E-state index contributed by atoms with van der Waals surface area (Å²) in [6.45, 7) is 2.87. The molecule has 0 fully saturated rings. The first-order valence-corrected chi connectivity index (χ1v) is 8.02. The van der Waals surface area contributed by atoms with Gasteiger partial charge >= 0.3 is 5.97 Å². The van der Waals surface area contributed by atoms with E-state index in [0.717, 1.165) is 0 Å². The molecule has 26 heavy (non-hydrogen) atoms. The van der Waals surface area contributed by atoms with Crippen LogP contribution in [0.3, 0.4) is 0 Å². The number of rotatable bonds is 5. The Bertz CT molecular complexity index is 888. The number of aromatic nitrogens is 1. The zero-order chi connectivity index (χ0) is 19.4. The maximum absolute atomic E-state index is 12.1. The van der Waals surface area contributed by atoms with Crippen LogP contribution in [0.15, 0.2) is 30.5 Å². The van der Waals surface area contributed by atoms with E-state index in [2.05, 4.69) is 10.3 Å². The molecular weight excluding hydrogens is 385 g/mol. The third-order valence-electron chi connectivity index (χ3n) is 3.33. The summed E-state index contributed by atoms with van der Waals surface area (Å²) in [7, 11) is 0. The third-order valence-corrected chi connectivity index (χ3v) is 3.83. The lowest BCUT2D eigenvalue weighted by atomic mass is 10.1. The molecule has 2 aromatic rings. The van der Waals surface area contributed by atoms with Gasteiger partial charge in [0.25, 0.3) is 11.6 Å². The number of anilines is 1. The predicted octanol–water partition coefficient (Wildman–Crippen LogP) is 3.79. The van der Waals surface area contributed by atoms with Gasteiger partial charge in [-0.2, -0.15) is 0 Å². The van der Waals surface area contributed by atoms with E-state index in [1.54, 1.807) is 0 Å². The molecule has 10 heteroatoms. The molecule has 0 saturated heterocycles. The van der Waals surface area contributed by atoms with Crippen LogP contribution in [0.1, 0.15) is 22.8 Å². The van der Waals surface area contributed by atoms with Crippen molar-refractivity contribution in [3.63, 3.8) is 0 Å². The van der Waals surface area contributed by atoms with E-state index >= 15 is 0 Å². The Morgan fingerprint density at radius 2 is 2.00 bits per heavy atom. The van der Waals surface area contributed by atoms with Crippen molar-refractivity contribution in [1.82, 2.24) is 4.98 Å². The molecule has 0 aliphatic rings. The van der Waals surface area contributed by atoms with Crippen molar-refractivity contribution in [1.29, 1.82) is 0 Å². The van der Waals surface area contributed by atoms with Crippen LogP contribution >= 0.6 is 23.2 Å². The zero-order valence-corrected chi connectivity index (χ0v) is 15.2. The minimum atomic E-state index is -1.15. The zero-order valence-electron chi connectivity index (χ0n) is 13.7. The van der Waals surface area contributed by atoms with Crippen LogP contribution in [-0.4, -0.2) is 27.9 Å². The summed E-state index contributed by atoms with van der Waals surface area (Å²) < 4.78 is 5.07. The molecule has 0 aliphatic carbocycles. The van der Waals surface area contributed by atoms with Gasteiger partial charge in [-0.05, 0) is 32.0 Å². The molecule has 1 heterocycles. The molecule has 136 valence electrons. The number of halogens is 2. The first-order valence-electron chi connectivity index (χ1n) is 7.27. The van der Waals surface area contributed by atoms with Gasteiger partial charge in [0, 0.05) is 17.8 Å². The molecule has 0 aliphatic heterocycles. The number of nitrogens with zero attached hydrogens (tertiary/aromatic N) is 2. The molecule has 1 aromatic carbocycles. The summed E-state index contributed by atoms with van der Waals surface area (Å²) in [4.78, 5) is 38.4. The van der Waals surface area contributed by atoms with Crippen LogP contribution in [0.25, 0.3) is 0 Å². The van der Waals surface area contributed by atoms with E-state index in [-0.39, 0.29) is 22.1 Å². The van der Waals surface area contributed by atoms with Crippen LogP contribution in [-0.2, 0) is 9.53 Å². The lowest BCUT2D eigenvalue weighted by molar-refractivity contribution is -0.385. The number of esters is 1. The van der Waals surface area contributed by atoms with Crippen molar-refractivity contribution in [3.8, 4) is 0 Å². The Hall–Kier alpha value is -2.71. The Balaban J connectivity index is 2.05. The highest BCUT2D eigenvalue weighted by atomic mass is 35.5. The number of ether oxygens (including phenoxy) is 1. The molecule has 1 atom stereocenters. The van der Waals surface area contributed by atoms with Gasteiger partial charge < -0.3 is 10.1 Å². The number of pyridine rings is 1. The van der Waals surface area contributed by atoms with Gasteiger partial charge in [-0.3, -0.25) is 14.9 Å². The fourth-order valence-electron chi connectivity index (χ4n) is 1.99. The summed E-state index contributed by atoms with van der Waals surface area (Å²) in [6.07, 6.45) is 0.158. The number of carbonyl (C=O) groups is 2. The predicted molar refractivity (Wildman–Crippen MR) is 95.6 cm³/mol. The molecule has 0 saturated carbocycles. The molecule has 1 amide bonds. The number of hydrogen-bond donors (Lipinski definition) is 1. The standard InChI is InChI=1S/C16H13Cl2N3O5/c1-8-5-10(3-4-13(8)21(24)25)16(23)26-9(2)15(22)20-14-12(18)6-11(17)7-19-14/h3-7,9H,1-2H3,(H,19,20,22)/t9-/m0/s1. The van der Waals surface area contributed by atoms with Gasteiger partial charge in [0.15, 0.2) is 11.9 Å². The molecule has 0 bridgehead atoms. The Morgan fingerprint density at radius 3 is 2.58 bits per heavy atom. The molecule has 1 N–H and O–H groups in total. The highest BCUT2D eigenvalue weighted by Gasteiger charge is 2.21. The van der Waals surface area contributed by atoms with E-state index in [4.69, 9.17) is 27.9 Å². The highest BCUT2D eigenvalue weighted by molar-refractivity contribution is 6.36. The number of nitro benzene ring substituents is 1. The second kappa shape index (κ2) is 8.11. The molecule has 1 aromatic heterocycles. The SMILES string of the molecule is Cc1cc(C(=O)O[C@@H](C)C(=O)Nc2ncc(Cl)cc2Cl)ccc1[N+](=O)[O-]. The van der Waals surface area contributed by atoms with Crippen molar-refractivity contribution in [2.45, 2.75) is 20.0 Å². The maximum Gasteiger partial charge on any atom is 0.338 e. The third kappa shape index (κ3) is 4.68. The van der Waals surface area contributed by atoms with E-state index in [1.165, 1.54) is 44.3 Å². The lowest BCUT2D eigenvalue weighted by Crippen LogP contribution is -2.30. The van der Waals surface area contributed by atoms with Gasteiger partial charge in [0.1, 0.15) is 0 Å². The lowest BCUT2D eigenvalue weighted by Gasteiger charge is -2.14. The fourth-order valence-corrected chi connectivity index (χ4v) is 2.42. The second-order valence-electron chi connectivity index (χ2n) is 5.28. The number of carbonyl (C=O) groups excluding carboxylic acids is 2. The van der Waals surface area contributed by atoms with Gasteiger partial charge in [-0.25, -0.2) is 9.78 Å². The summed E-state index contributed by atoms with van der Waals surface area (Å²) in [6, 6.07) is 5.19. The molecule has 2 rings (SSSR count). The number of aryl methyl sites for hydroxylation is 1. The Kier molecular flexibility index (Phi) is 6.12. The fraction of sp³-hybridized carbons (Fsp3) is 0.188. The van der Waals surface area contributed by atoms with E-state index < -0.39 is 22.9 Å². The topological polar surface area (TPSA) is 111 Å². The number of nitro groups is 1. The minimum Gasteiger partial charge on any atom is -0.449 e. The summed E-state index contributed by atoms with van der Waals surface area (Å²) in [5.41, 5.74) is 0.282. The monoisotopic (exact) mass is 397 g/mol. The smallest absolute Gasteiger partial charge is 0.338 e. The number of amides is 1. The molecule has 8 nitrogen and oxygen atoms in total. The van der Waals surface area contributed by atoms with Gasteiger partial charge in [0.2, 0.25) is 0 Å². The van der Waals surface area contributed by atoms with Crippen LogP contribution in [0.2, 0.25) is 10.0 Å². The summed E-state index contributed by atoms with van der Waals surface area (Å²) in [5, 5.41) is 13.7. The van der Waals surface area contributed by atoms with Crippen molar-refractivity contribution in [2.75, 3.05) is 5.32 Å². The number of benzene rings is 1. The van der Waals surface area contributed by atoms with Crippen molar-refractivity contribution < 1.29 is 19.2 Å². The van der Waals surface area contributed by atoms with Crippen LogP contribution in [0.5, 0.6) is 0 Å². The first kappa shape index (κ1) is 19.6. The Labute approximate surface area is 158 Å². The van der Waals surface area contributed by atoms with Gasteiger partial charge in [-0.15, -0.1) is 0 Å². The van der Waals surface area contributed by atoms with Crippen molar-refractivity contribution >= 4 is 46.6 Å². The molecular formula is C16H13Cl2N3O5. The van der Waals surface area contributed by atoms with Gasteiger partial charge in [-0.1, -0.05) is 23.2 Å². The van der Waals surface area contributed by atoms with E-state index in [9.17, 15) is 19.7 Å². The average Bonchev–Trinajstić information content (AvgIpc) is 2.56. The van der Waals surface area contributed by atoms with E-state index in [0.29, 0.717) is 10.6 Å². The molecule has 0 radical (unpaired) electrons. The van der Waals surface area contributed by atoms with Gasteiger partial charge in [0.05, 0.1) is 20.5 Å². The highest BCUT2D eigenvalue weighted by Crippen LogP contribution is 2.23. The summed E-state index contributed by atoms with van der Waals surface area (Å²) >= 11 is 11.6. The first-order chi connectivity index (χ1) is 12.2. The molecule has 0 unspecified atom stereocenters. The largest absolute Gasteiger partial charge is 0.449 e. The van der Waals surface area contributed by atoms with E-state index in [1.807, 2.05) is 0 Å².